The van der Waals surface area contributed by atoms with Crippen LogP contribution in [0.5, 0.6) is 0 Å². The van der Waals surface area contributed by atoms with Crippen molar-refractivity contribution in [3.05, 3.63) is 75.8 Å². The van der Waals surface area contributed by atoms with Crippen LogP contribution in [0.2, 0.25) is 0 Å². The molecule has 1 N–H and O–H groups in total. The molecule has 11 nitrogen and oxygen atoms in total. The molecule has 2 aliphatic heterocycles. The van der Waals surface area contributed by atoms with Gasteiger partial charge in [-0.1, -0.05) is 37.2 Å². The number of hydrogen-bond donors (Lipinski definition) is 1. The minimum atomic E-state index is -2.18. The summed E-state index contributed by atoms with van der Waals surface area (Å²) in [6.07, 6.45) is 1.04. The molecule has 2 heterocycles. The van der Waals surface area contributed by atoms with Crippen molar-refractivity contribution < 1.29 is 33.6 Å². The number of β-lactam (4-membered cyclic amide) rings is 1. The highest BCUT2D eigenvalue weighted by molar-refractivity contribution is 8.00. The van der Waals surface area contributed by atoms with E-state index >= 15 is 0 Å². The van der Waals surface area contributed by atoms with Crippen LogP contribution in [0.25, 0.3) is 0 Å². The standard InChI is InChI=1S/C29H34N3O8PS/c1-41(2,3)27(29(36)40-17-20-11-13-21(14-12-20)32(37)38)31-26(35)25(30-24(34)16-19-8-5-4-6-9-19)28(31)42-18-22(33)23-10-7-15-39-23/h4-6,8-9,11-14,23,25,28H,7,10,15-18H2,1-3H3,(H,30,34). The highest BCUT2D eigenvalue weighted by Gasteiger charge is 2.53. The van der Waals surface area contributed by atoms with Crippen molar-refractivity contribution in [2.24, 2.45) is 0 Å². The van der Waals surface area contributed by atoms with Crippen LogP contribution in [-0.2, 0) is 41.7 Å². The average molecular weight is 616 g/mol. The number of benzene rings is 2. The molecule has 2 amide bonds. The molecule has 0 radical (unpaired) electrons. The van der Waals surface area contributed by atoms with Crippen LogP contribution >= 0.6 is 18.6 Å². The Morgan fingerprint density at radius 3 is 2.38 bits per heavy atom. The van der Waals surface area contributed by atoms with Gasteiger partial charge in [0, 0.05) is 18.7 Å². The maximum atomic E-state index is 13.5. The number of nitrogens with zero attached hydrogens (tertiary/aromatic N) is 2. The molecule has 2 fully saturated rings. The van der Waals surface area contributed by atoms with E-state index in [1.807, 2.05) is 50.3 Å². The molecular weight excluding hydrogens is 581 g/mol. The van der Waals surface area contributed by atoms with Gasteiger partial charge >= 0.3 is 5.97 Å². The number of ketones is 1. The van der Waals surface area contributed by atoms with Crippen molar-refractivity contribution in [3.63, 3.8) is 0 Å². The molecule has 0 saturated carbocycles. The Bertz CT molecular complexity index is 1400. The Morgan fingerprint density at radius 1 is 1.10 bits per heavy atom. The van der Waals surface area contributed by atoms with Crippen molar-refractivity contribution in [1.29, 1.82) is 0 Å². The van der Waals surface area contributed by atoms with Crippen LogP contribution in [0.1, 0.15) is 24.0 Å². The van der Waals surface area contributed by atoms with Gasteiger partial charge in [0.15, 0.2) is 5.78 Å². The molecule has 0 spiro atoms. The second-order valence-electron chi connectivity index (χ2n) is 10.9. The van der Waals surface area contributed by atoms with E-state index in [9.17, 15) is 29.3 Å². The number of likely N-dealkylation sites (tertiary alicyclic amines) is 1. The molecule has 3 atom stereocenters. The normalized spacial score (nSPS) is 20.0. The van der Waals surface area contributed by atoms with Gasteiger partial charge in [-0.2, -0.15) is 0 Å². The van der Waals surface area contributed by atoms with E-state index in [-0.39, 0.29) is 41.6 Å². The van der Waals surface area contributed by atoms with E-state index in [0.29, 0.717) is 18.6 Å². The number of amides is 2. The molecule has 224 valence electrons. The van der Waals surface area contributed by atoms with E-state index in [2.05, 4.69) is 5.32 Å². The second-order valence-corrected chi connectivity index (χ2v) is 16.5. The second kappa shape index (κ2) is 13.7. The molecule has 3 unspecified atom stereocenters. The van der Waals surface area contributed by atoms with Gasteiger partial charge in [-0.15, -0.1) is 11.8 Å². The van der Waals surface area contributed by atoms with E-state index in [4.69, 9.17) is 9.47 Å². The fourth-order valence-corrected chi connectivity index (χ4v) is 7.53. The summed E-state index contributed by atoms with van der Waals surface area (Å²) >= 11 is 1.19. The summed E-state index contributed by atoms with van der Waals surface area (Å²) in [5.74, 6) is -1.52. The topological polar surface area (TPSA) is 145 Å². The minimum absolute atomic E-state index is 0.0535. The molecular formula is C29H34N3O8PS. The lowest BCUT2D eigenvalue weighted by atomic mass is 10.1. The van der Waals surface area contributed by atoms with Crippen LogP contribution in [0.4, 0.5) is 5.69 Å². The van der Waals surface area contributed by atoms with Gasteiger partial charge in [0.1, 0.15) is 29.5 Å². The lowest BCUT2D eigenvalue weighted by Gasteiger charge is -2.48. The van der Waals surface area contributed by atoms with Gasteiger partial charge in [-0.05, 0) is 56.1 Å². The Hall–Kier alpha value is -3.47. The van der Waals surface area contributed by atoms with Gasteiger partial charge in [0.25, 0.3) is 11.6 Å². The summed E-state index contributed by atoms with van der Waals surface area (Å²) in [5.41, 5.74) is 1.46. The monoisotopic (exact) mass is 615 g/mol. The molecule has 13 heteroatoms. The number of hydrogen-bond acceptors (Lipinski definition) is 9. The zero-order chi connectivity index (χ0) is 30.4. The summed E-state index contributed by atoms with van der Waals surface area (Å²) in [4.78, 5) is 64.5. The van der Waals surface area contributed by atoms with Crippen LogP contribution in [0.15, 0.2) is 54.6 Å². The first kappa shape index (κ1) is 31.5. The third-order valence-corrected chi connectivity index (χ3v) is 9.76. The van der Waals surface area contributed by atoms with E-state index in [0.717, 1.165) is 12.0 Å². The zero-order valence-electron chi connectivity index (χ0n) is 23.7. The highest BCUT2D eigenvalue weighted by atomic mass is 32.2. The predicted molar refractivity (Wildman–Crippen MR) is 162 cm³/mol. The zero-order valence-corrected chi connectivity index (χ0v) is 25.4. The number of carbonyl (C=O) groups is 4. The predicted octanol–water partition coefficient (Wildman–Crippen LogP) is 3.05. The van der Waals surface area contributed by atoms with Gasteiger partial charge in [0.05, 0.1) is 17.1 Å². The van der Waals surface area contributed by atoms with Crippen molar-refractivity contribution >= 4 is 53.3 Å². The van der Waals surface area contributed by atoms with Gasteiger partial charge < -0.3 is 14.8 Å². The maximum Gasteiger partial charge on any atom is 0.355 e. The van der Waals surface area contributed by atoms with Gasteiger partial charge in [-0.3, -0.25) is 29.4 Å². The molecule has 0 aliphatic carbocycles. The lowest BCUT2D eigenvalue weighted by molar-refractivity contribution is -0.384. The third kappa shape index (κ3) is 7.67. The summed E-state index contributed by atoms with van der Waals surface area (Å²) in [6, 6.07) is 13.9. The number of carbonyl (C=O) groups excluding carboxylic acids is 4. The van der Waals surface area contributed by atoms with E-state index < -0.39 is 41.2 Å². The molecule has 4 rings (SSSR count). The molecule has 2 aromatic rings. The van der Waals surface area contributed by atoms with Crippen LogP contribution in [0.3, 0.4) is 0 Å². The fourth-order valence-electron chi connectivity index (χ4n) is 4.71. The summed E-state index contributed by atoms with van der Waals surface area (Å²) in [5, 5.41) is 13.0. The number of nitro benzene ring substituents is 1. The van der Waals surface area contributed by atoms with Crippen molar-refractivity contribution in [2.75, 3.05) is 32.4 Å². The minimum Gasteiger partial charge on any atom is -0.456 e. The number of esters is 1. The molecule has 2 aromatic carbocycles. The Balaban J connectivity index is 1.52. The van der Waals surface area contributed by atoms with Gasteiger partial charge in [0.2, 0.25) is 5.91 Å². The first-order chi connectivity index (χ1) is 20.0. The van der Waals surface area contributed by atoms with Crippen molar-refractivity contribution in [1.82, 2.24) is 10.2 Å². The largest absolute Gasteiger partial charge is 0.456 e. The average Bonchev–Trinajstić information content (AvgIpc) is 3.50. The summed E-state index contributed by atoms with van der Waals surface area (Å²) < 4.78 is 11.1. The SMILES string of the molecule is CP(C)(C)=C(C(=O)OCc1ccc([N+](=O)[O-])cc1)N1C(=O)C(NC(=O)Cc2ccccc2)C1SCC(=O)C1CCCO1. The summed E-state index contributed by atoms with van der Waals surface area (Å²) in [6.45, 7) is 3.84. The van der Waals surface area contributed by atoms with Crippen LogP contribution in [-0.4, -0.2) is 88.7 Å². The third-order valence-electron chi connectivity index (χ3n) is 6.82. The number of ether oxygens (including phenoxy) is 2. The quantitative estimate of drug-likeness (QED) is 0.125. The number of non-ortho nitro benzene ring substituents is 1. The van der Waals surface area contributed by atoms with Crippen molar-refractivity contribution in [2.45, 2.75) is 43.4 Å². The Morgan fingerprint density at radius 2 is 1.79 bits per heavy atom. The van der Waals surface area contributed by atoms with Crippen LogP contribution in [0, 0.1) is 10.1 Å². The number of thioether (sulfide) groups is 1. The maximum absolute atomic E-state index is 13.5. The number of nitrogens with one attached hydrogen (secondary N) is 1. The molecule has 2 saturated heterocycles. The first-order valence-corrected chi connectivity index (χ1v) is 17.7. The molecule has 42 heavy (non-hydrogen) atoms. The number of nitro groups is 1. The molecule has 0 aromatic heterocycles. The van der Waals surface area contributed by atoms with Gasteiger partial charge in [-0.25, -0.2) is 4.79 Å². The van der Waals surface area contributed by atoms with Crippen molar-refractivity contribution in [3.8, 4) is 0 Å². The number of rotatable bonds is 12. The smallest absolute Gasteiger partial charge is 0.355 e. The Kier molecular flexibility index (Phi) is 10.2. The number of Topliss-reactive ketones (excluding diaryl/α,β-unsaturated/α-hetero) is 1. The first-order valence-electron chi connectivity index (χ1n) is 13.5. The van der Waals surface area contributed by atoms with E-state index in [1.54, 1.807) is 0 Å². The van der Waals surface area contributed by atoms with Crippen LogP contribution < -0.4 is 5.32 Å². The lowest BCUT2D eigenvalue weighted by Crippen LogP contribution is -2.72. The van der Waals surface area contributed by atoms with E-state index in [1.165, 1.54) is 40.9 Å². The molecule has 0 bridgehead atoms. The highest BCUT2D eigenvalue weighted by Crippen LogP contribution is 2.42. The Labute approximate surface area is 248 Å². The molecule has 2 aliphatic rings. The summed E-state index contributed by atoms with van der Waals surface area (Å²) in [7, 11) is 0. The fraction of sp³-hybridized carbons (Fsp3) is 0.414.